The Balaban J connectivity index is 1.76. The van der Waals surface area contributed by atoms with Crippen molar-refractivity contribution in [3.05, 3.63) is 75.3 Å². The Kier molecular flexibility index (Phi) is 4.96. The summed E-state index contributed by atoms with van der Waals surface area (Å²) in [4.78, 5) is 0. The quantitative estimate of drug-likeness (QED) is 0.503. The Morgan fingerprint density at radius 2 is 1.76 bits per heavy atom. The number of rotatable bonds is 5. The lowest BCUT2D eigenvalue weighted by Gasteiger charge is -2.14. The van der Waals surface area contributed by atoms with Gasteiger partial charge in [-0.05, 0) is 58.5 Å². The van der Waals surface area contributed by atoms with Gasteiger partial charge in [-0.1, -0.05) is 29.8 Å². The van der Waals surface area contributed by atoms with Crippen LogP contribution in [0.4, 0.5) is 0 Å². The smallest absolute Gasteiger partial charge is 0.200 e. The van der Waals surface area contributed by atoms with Crippen LogP contribution in [0.3, 0.4) is 0 Å². The largest absolute Gasteiger partial charge is 0.267 e. The third kappa shape index (κ3) is 3.55. The molecule has 0 bridgehead atoms. The number of aromatic amines is 1. The highest BCUT2D eigenvalue weighted by molar-refractivity contribution is 7.71. The van der Waals surface area contributed by atoms with Crippen molar-refractivity contribution in [2.75, 3.05) is 0 Å². The summed E-state index contributed by atoms with van der Waals surface area (Å²) in [6.45, 7) is 10.9. The molecule has 1 N–H and O–H groups in total. The molecule has 0 radical (unpaired) electrons. The Hall–Kier alpha value is -3.00. The summed E-state index contributed by atoms with van der Waals surface area (Å²) in [7, 11) is 0. The van der Waals surface area contributed by atoms with E-state index in [9.17, 15) is 0 Å². The molecule has 4 rings (SSSR count). The van der Waals surface area contributed by atoms with Gasteiger partial charge in [-0.3, -0.25) is 19.0 Å². The summed E-state index contributed by atoms with van der Waals surface area (Å²) in [5.41, 5.74) is 6.37. The predicted octanol–water partition coefficient (Wildman–Crippen LogP) is 4.21. The molecule has 7 nitrogen and oxygen atoms in total. The van der Waals surface area contributed by atoms with E-state index in [-0.39, 0.29) is 6.04 Å². The van der Waals surface area contributed by atoms with Gasteiger partial charge >= 0.3 is 0 Å². The molecule has 3 heterocycles. The van der Waals surface area contributed by atoms with Gasteiger partial charge in [-0.25, -0.2) is 0 Å². The molecule has 29 heavy (non-hydrogen) atoms. The summed E-state index contributed by atoms with van der Waals surface area (Å²) >= 11 is 5.58. The molecule has 0 amide bonds. The average Bonchev–Trinajstić information content (AvgIpc) is 3.35. The van der Waals surface area contributed by atoms with E-state index in [4.69, 9.17) is 17.3 Å². The first kappa shape index (κ1) is 19.3. The molecule has 1 aromatic carbocycles. The average molecular weight is 408 g/mol. The maximum atomic E-state index is 5.58. The maximum absolute atomic E-state index is 5.58. The van der Waals surface area contributed by atoms with Gasteiger partial charge in [-0.15, -0.1) is 0 Å². The number of hydrogen-bond donors (Lipinski definition) is 1. The van der Waals surface area contributed by atoms with Crippen LogP contribution >= 0.6 is 12.2 Å². The van der Waals surface area contributed by atoms with Crippen LogP contribution in [-0.2, 0) is 6.54 Å². The van der Waals surface area contributed by atoms with E-state index >= 15 is 0 Å². The minimum Gasteiger partial charge on any atom is -0.267 e. The highest BCUT2D eigenvalue weighted by atomic mass is 32.1. The third-order valence-electron chi connectivity index (χ3n) is 5.23. The first-order chi connectivity index (χ1) is 13.8. The minimum absolute atomic E-state index is 0.0732. The molecular formula is C21H25N7S. The number of H-pyrrole nitrogens is 1. The highest BCUT2D eigenvalue weighted by Gasteiger charge is 2.22. The zero-order valence-electron chi connectivity index (χ0n) is 17.3. The molecule has 0 aliphatic rings. The molecule has 0 saturated carbocycles. The van der Waals surface area contributed by atoms with Gasteiger partial charge in [0.1, 0.15) is 6.04 Å². The Labute approximate surface area is 175 Å². The van der Waals surface area contributed by atoms with E-state index in [2.05, 4.69) is 60.3 Å². The van der Waals surface area contributed by atoms with Crippen LogP contribution in [0.5, 0.6) is 0 Å². The number of aryl methyl sites for hydroxylation is 3. The summed E-state index contributed by atoms with van der Waals surface area (Å²) in [5, 5.41) is 16.8. The first-order valence-corrected chi connectivity index (χ1v) is 10.0. The Morgan fingerprint density at radius 1 is 1.03 bits per heavy atom. The SMILES string of the molecule is Cc1ccc(Cn2nc(C)c(-n3c([C@H](C)n4ccc(C)n4)n[nH]c3=S)c2C)cc1. The monoisotopic (exact) mass is 407 g/mol. The molecule has 0 spiro atoms. The van der Waals surface area contributed by atoms with Crippen molar-refractivity contribution in [1.29, 1.82) is 0 Å². The van der Waals surface area contributed by atoms with Gasteiger partial charge < -0.3 is 0 Å². The second kappa shape index (κ2) is 7.44. The molecule has 0 unspecified atom stereocenters. The van der Waals surface area contributed by atoms with Gasteiger partial charge in [0.05, 0.1) is 29.3 Å². The Bertz CT molecular complexity index is 1210. The van der Waals surface area contributed by atoms with Crippen LogP contribution in [-0.4, -0.2) is 34.3 Å². The van der Waals surface area contributed by atoms with Crippen LogP contribution in [0, 0.1) is 32.5 Å². The topological polar surface area (TPSA) is 69.2 Å². The van der Waals surface area contributed by atoms with Crippen molar-refractivity contribution < 1.29 is 0 Å². The van der Waals surface area contributed by atoms with Crippen LogP contribution in [0.15, 0.2) is 36.5 Å². The molecule has 0 aliphatic carbocycles. The summed E-state index contributed by atoms with van der Waals surface area (Å²) in [6.07, 6.45) is 1.96. The van der Waals surface area contributed by atoms with Crippen molar-refractivity contribution in [3.63, 3.8) is 0 Å². The van der Waals surface area contributed by atoms with Crippen molar-refractivity contribution in [3.8, 4) is 5.69 Å². The van der Waals surface area contributed by atoms with Crippen LogP contribution in [0.1, 0.15) is 47.0 Å². The summed E-state index contributed by atoms with van der Waals surface area (Å²) in [5.74, 6) is 0.805. The van der Waals surface area contributed by atoms with Crippen LogP contribution in [0.2, 0.25) is 0 Å². The van der Waals surface area contributed by atoms with Gasteiger partial charge in [0, 0.05) is 6.20 Å². The van der Waals surface area contributed by atoms with Crippen LogP contribution < -0.4 is 0 Å². The molecule has 1 atom stereocenters. The van der Waals surface area contributed by atoms with Crippen LogP contribution in [0.25, 0.3) is 5.69 Å². The lowest BCUT2D eigenvalue weighted by Crippen LogP contribution is -2.14. The van der Waals surface area contributed by atoms with Gasteiger partial charge in [0.2, 0.25) is 0 Å². The third-order valence-corrected chi connectivity index (χ3v) is 5.50. The number of hydrogen-bond acceptors (Lipinski definition) is 4. The molecule has 0 fully saturated rings. The van der Waals surface area contributed by atoms with E-state index in [1.165, 1.54) is 11.1 Å². The molecule has 0 aliphatic heterocycles. The minimum atomic E-state index is -0.0732. The fourth-order valence-corrected chi connectivity index (χ4v) is 3.83. The van der Waals surface area contributed by atoms with Gasteiger partial charge in [0.25, 0.3) is 0 Å². The van der Waals surface area contributed by atoms with Gasteiger partial charge in [-0.2, -0.15) is 15.3 Å². The standard InChI is InChI=1S/C21H25N7S/c1-13-6-8-18(9-7-13)12-27-16(4)19(15(3)25-27)28-20(22-23-21(28)29)17(5)26-11-10-14(2)24-26/h6-11,17H,12H2,1-5H3,(H,23,29)/t17-/m0/s1. The van der Waals surface area contributed by atoms with E-state index in [1.807, 2.05) is 40.0 Å². The predicted molar refractivity (Wildman–Crippen MR) is 115 cm³/mol. The molecular weight excluding hydrogens is 382 g/mol. The lowest BCUT2D eigenvalue weighted by atomic mass is 10.1. The zero-order chi connectivity index (χ0) is 20.7. The second-order valence-electron chi connectivity index (χ2n) is 7.50. The van der Waals surface area contributed by atoms with Crippen molar-refractivity contribution in [2.45, 2.75) is 47.2 Å². The first-order valence-electron chi connectivity index (χ1n) is 9.64. The zero-order valence-corrected chi connectivity index (χ0v) is 18.2. The maximum Gasteiger partial charge on any atom is 0.200 e. The van der Waals surface area contributed by atoms with E-state index in [1.54, 1.807) is 0 Å². The normalized spacial score (nSPS) is 12.4. The molecule has 0 saturated heterocycles. The van der Waals surface area contributed by atoms with Gasteiger partial charge in [0.15, 0.2) is 10.6 Å². The van der Waals surface area contributed by atoms with E-state index in [0.29, 0.717) is 11.3 Å². The van der Waals surface area contributed by atoms with E-state index in [0.717, 1.165) is 28.6 Å². The summed E-state index contributed by atoms with van der Waals surface area (Å²) < 4.78 is 6.46. The fraction of sp³-hybridized carbons (Fsp3) is 0.333. The molecule has 8 heteroatoms. The number of benzene rings is 1. The molecule has 4 aromatic rings. The lowest BCUT2D eigenvalue weighted by molar-refractivity contribution is 0.524. The molecule has 3 aromatic heterocycles. The van der Waals surface area contributed by atoms with E-state index < -0.39 is 0 Å². The van der Waals surface area contributed by atoms with Crippen molar-refractivity contribution in [2.24, 2.45) is 0 Å². The summed E-state index contributed by atoms with van der Waals surface area (Å²) in [6, 6.07) is 10.4. The van der Waals surface area contributed by atoms with Crippen molar-refractivity contribution >= 4 is 12.2 Å². The fourth-order valence-electron chi connectivity index (χ4n) is 3.60. The Morgan fingerprint density at radius 3 is 2.41 bits per heavy atom. The number of nitrogens with zero attached hydrogens (tertiary/aromatic N) is 6. The number of nitrogens with one attached hydrogen (secondary N) is 1. The number of aromatic nitrogens is 7. The highest BCUT2D eigenvalue weighted by Crippen LogP contribution is 2.25. The van der Waals surface area contributed by atoms with Crippen molar-refractivity contribution in [1.82, 2.24) is 34.3 Å². The second-order valence-corrected chi connectivity index (χ2v) is 7.88. The molecule has 150 valence electrons.